The van der Waals surface area contributed by atoms with E-state index in [9.17, 15) is 22.0 Å². The molecule has 1 aromatic carbocycles. The monoisotopic (exact) mass is 466 g/mol. The van der Waals surface area contributed by atoms with Gasteiger partial charge in [0.1, 0.15) is 0 Å². The Kier molecular flexibility index (Phi) is 8.87. The Morgan fingerprint density at radius 3 is 2.16 bits per heavy atom. The van der Waals surface area contributed by atoms with Crippen molar-refractivity contribution in [1.29, 1.82) is 0 Å². The second-order valence-corrected chi connectivity index (χ2v) is 7.85. The van der Waals surface area contributed by atoms with Gasteiger partial charge in [0.2, 0.25) is 0 Å². The predicted octanol–water partition coefficient (Wildman–Crippen LogP) is 5.30. The van der Waals surface area contributed by atoms with Gasteiger partial charge in [-0.25, -0.2) is 8.78 Å². The Morgan fingerprint density at radius 2 is 1.59 bits per heavy atom. The minimum Gasteiger partial charge on any atom is -0.478 e. The number of allylic oxidation sites excluding steroid dienone is 1. The molecule has 0 spiro atoms. The third kappa shape index (κ3) is 7.40. The van der Waals surface area contributed by atoms with Gasteiger partial charge in [-0.05, 0) is 31.4 Å². The van der Waals surface area contributed by atoms with Crippen molar-refractivity contribution >= 4 is 0 Å². The molecule has 2 saturated heterocycles. The average Bonchev–Trinajstić information content (AvgIpc) is 2.76. The molecule has 10 heteroatoms. The van der Waals surface area contributed by atoms with Crippen molar-refractivity contribution in [3.63, 3.8) is 0 Å². The van der Waals surface area contributed by atoms with Crippen LogP contribution in [-0.4, -0.2) is 45.5 Å². The third-order valence-corrected chi connectivity index (χ3v) is 5.09. The van der Waals surface area contributed by atoms with Gasteiger partial charge in [0.15, 0.2) is 36.6 Å². The molecule has 3 rings (SSSR count). The van der Waals surface area contributed by atoms with Crippen molar-refractivity contribution < 1.29 is 45.6 Å². The molecule has 0 aromatic heterocycles. The molecular weight excluding hydrogens is 439 g/mol. The highest BCUT2D eigenvalue weighted by atomic mass is 19.4. The maximum absolute atomic E-state index is 14.1. The molecule has 0 unspecified atom stereocenters. The standard InChI is InChI=1S/C22H27F5O5/c1-2-3-4-14-9-28-19(29-10-14)6-5-15-11-30-21(31-12-15)16-7-17(23)20(18(24)8-16)32-13-22(25,26)27/h3-4,7-8,14-15,19,21H,2,5-6,9-13H2,1H3/b4-3+/t14-,15?,19-,21?. The lowest BCUT2D eigenvalue weighted by Gasteiger charge is -2.32. The molecule has 2 fully saturated rings. The summed E-state index contributed by atoms with van der Waals surface area (Å²) < 4.78 is 91.6. The Balaban J connectivity index is 1.43. The van der Waals surface area contributed by atoms with Crippen molar-refractivity contribution in [1.82, 2.24) is 0 Å². The van der Waals surface area contributed by atoms with Gasteiger partial charge in [0, 0.05) is 17.4 Å². The van der Waals surface area contributed by atoms with E-state index in [4.69, 9.17) is 18.9 Å². The van der Waals surface area contributed by atoms with E-state index >= 15 is 0 Å². The van der Waals surface area contributed by atoms with Gasteiger partial charge in [-0.15, -0.1) is 0 Å². The lowest BCUT2D eigenvalue weighted by atomic mass is 10.0. The highest BCUT2D eigenvalue weighted by Crippen LogP contribution is 2.32. The minimum atomic E-state index is -4.70. The first-order chi connectivity index (χ1) is 15.2. The van der Waals surface area contributed by atoms with E-state index in [-0.39, 0.29) is 23.7 Å². The molecule has 0 amide bonds. The summed E-state index contributed by atoms with van der Waals surface area (Å²) in [6, 6.07) is 1.71. The van der Waals surface area contributed by atoms with E-state index in [0.717, 1.165) is 25.0 Å². The number of ether oxygens (including phenoxy) is 5. The van der Waals surface area contributed by atoms with Crippen LogP contribution in [0.1, 0.15) is 38.0 Å². The quantitative estimate of drug-likeness (QED) is 0.384. The summed E-state index contributed by atoms with van der Waals surface area (Å²) in [5.74, 6) is -3.27. The van der Waals surface area contributed by atoms with E-state index in [2.05, 4.69) is 23.8 Å². The largest absolute Gasteiger partial charge is 0.478 e. The topological polar surface area (TPSA) is 46.2 Å². The van der Waals surface area contributed by atoms with Crippen LogP contribution in [0, 0.1) is 23.5 Å². The maximum Gasteiger partial charge on any atom is 0.422 e. The summed E-state index contributed by atoms with van der Waals surface area (Å²) in [5.41, 5.74) is 0.0305. The molecule has 180 valence electrons. The number of halogens is 5. The highest BCUT2D eigenvalue weighted by molar-refractivity contribution is 5.32. The second-order valence-electron chi connectivity index (χ2n) is 7.85. The van der Waals surface area contributed by atoms with E-state index in [1.165, 1.54) is 0 Å². The van der Waals surface area contributed by atoms with E-state index in [1.807, 2.05) is 0 Å². The Labute approximate surface area is 183 Å². The van der Waals surface area contributed by atoms with Crippen LogP contribution in [0.4, 0.5) is 22.0 Å². The molecule has 0 bridgehead atoms. The molecule has 5 nitrogen and oxygen atoms in total. The van der Waals surface area contributed by atoms with E-state index in [0.29, 0.717) is 32.8 Å². The summed E-state index contributed by atoms with van der Waals surface area (Å²) in [4.78, 5) is 0. The van der Waals surface area contributed by atoms with Gasteiger partial charge < -0.3 is 23.7 Å². The summed E-state index contributed by atoms with van der Waals surface area (Å²) in [5, 5.41) is 0. The van der Waals surface area contributed by atoms with Crippen LogP contribution >= 0.6 is 0 Å². The van der Waals surface area contributed by atoms with Crippen molar-refractivity contribution in [2.24, 2.45) is 11.8 Å². The van der Waals surface area contributed by atoms with Crippen LogP contribution < -0.4 is 4.74 Å². The lowest BCUT2D eigenvalue weighted by Crippen LogP contribution is -2.33. The summed E-state index contributed by atoms with van der Waals surface area (Å²) in [6.07, 6.45) is 0.541. The molecule has 1 aromatic rings. The minimum absolute atomic E-state index is 0.0305. The van der Waals surface area contributed by atoms with Crippen molar-refractivity contribution in [3.05, 3.63) is 41.5 Å². The Hall–Kier alpha value is -1.75. The molecule has 0 atom stereocenters. The van der Waals surface area contributed by atoms with Crippen LogP contribution in [0.15, 0.2) is 24.3 Å². The second kappa shape index (κ2) is 11.4. The summed E-state index contributed by atoms with van der Waals surface area (Å²) in [7, 11) is 0. The number of hydrogen-bond donors (Lipinski definition) is 0. The van der Waals surface area contributed by atoms with Crippen LogP contribution in [-0.2, 0) is 18.9 Å². The van der Waals surface area contributed by atoms with Crippen molar-refractivity contribution in [2.45, 2.75) is 44.9 Å². The molecule has 0 N–H and O–H groups in total. The molecule has 0 saturated carbocycles. The highest BCUT2D eigenvalue weighted by Gasteiger charge is 2.31. The van der Waals surface area contributed by atoms with Gasteiger partial charge in [-0.3, -0.25) is 0 Å². The lowest BCUT2D eigenvalue weighted by molar-refractivity contribution is -0.217. The van der Waals surface area contributed by atoms with Crippen LogP contribution in [0.3, 0.4) is 0 Å². The molecule has 32 heavy (non-hydrogen) atoms. The first kappa shape index (κ1) is 24.9. The predicted molar refractivity (Wildman–Crippen MR) is 104 cm³/mol. The van der Waals surface area contributed by atoms with Crippen LogP contribution in [0.2, 0.25) is 0 Å². The van der Waals surface area contributed by atoms with Crippen molar-refractivity contribution in [2.75, 3.05) is 33.0 Å². The fraction of sp³-hybridized carbons (Fsp3) is 0.636. The smallest absolute Gasteiger partial charge is 0.422 e. The number of rotatable bonds is 8. The van der Waals surface area contributed by atoms with Crippen LogP contribution in [0.5, 0.6) is 5.75 Å². The zero-order valence-electron chi connectivity index (χ0n) is 17.7. The maximum atomic E-state index is 14.1. The summed E-state index contributed by atoms with van der Waals surface area (Å²) in [6.45, 7) is 2.10. The number of hydrogen-bond acceptors (Lipinski definition) is 5. The van der Waals surface area contributed by atoms with Gasteiger partial charge in [-0.1, -0.05) is 19.1 Å². The zero-order chi connectivity index (χ0) is 23.1. The van der Waals surface area contributed by atoms with E-state index < -0.39 is 36.5 Å². The normalized spacial score (nSPS) is 27.1. The van der Waals surface area contributed by atoms with Gasteiger partial charge in [0.25, 0.3) is 0 Å². The summed E-state index contributed by atoms with van der Waals surface area (Å²) >= 11 is 0. The molecule has 2 aliphatic rings. The number of alkyl halides is 3. The number of benzene rings is 1. The van der Waals surface area contributed by atoms with Crippen molar-refractivity contribution in [3.8, 4) is 5.75 Å². The molecule has 2 aliphatic heterocycles. The van der Waals surface area contributed by atoms with Crippen LogP contribution in [0.25, 0.3) is 0 Å². The first-order valence-corrected chi connectivity index (χ1v) is 10.6. The molecule has 0 aliphatic carbocycles. The SMILES string of the molecule is CC/C=C/[C@H]1CO[C@H](CCC2COC(c3cc(F)c(OCC(F)(F)F)c(F)c3)OC2)OC1. The van der Waals surface area contributed by atoms with Gasteiger partial charge >= 0.3 is 6.18 Å². The molecular formula is C22H27F5O5. The van der Waals surface area contributed by atoms with Gasteiger partial charge in [0.05, 0.1) is 26.4 Å². The average molecular weight is 466 g/mol. The third-order valence-electron chi connectivity index (χ3n) is 5.09. The fourth-order valence-corrected chi connectivity index (χ4v) is 3.45. The zero-order valence-corrected chi connectivity index (χ0v) is 17.7. The van der Waals surface area contributed by atoms with Gasteiger partial charge in [-0.2, -0.15) is 13.2 Å². The first-order valence-electron chi connectivity index (χ1n) is 10.6. The molecule has 0 radical (unpaired) electrons. The Bertz CT molecular complexity index is 731. The van der Waals surface area contributed by atoms with E-state index in [1.54, 1.807) is 0 Å². The fourth-order valence-electron chi connectivity index (χ4n) is 3.45. The molecule has 2 heterocycles. The Morgan fingerprint density at radius 1 is 0.969 bits per heavy atom.